The maximum Gasteiger partial charge on any atom is 0.240 e. The van der Waals surface area contributed by atoms with Crippen LogP contribution in [0.4, 0.5) is 5.69 Å². The van der Waals surface area contributed by atoms with Crippen molar-refractivity contribution in [3.05, 3.63) is 54.4 Å². The molecule has 10 heteroatoms. The average Bonchev–Trinajstić information content (AvgIpc) is 3.45. The zero-order valence-electron chi connectivity index (χ0n) is 17.6. The maximum absolute atomic E-state index is 12.3. The number of nitrogens with zero attached hydrogens (tertiary/aromatic N) is 2. The van der Waals surface area contributed by atoms with Gasteiger partial charge in [0.15, 0.2) is 0 Å². The average molecular weight is 457 g/mol. The highest BCUT2D eigenvalue weighted by molar-refractivity contribution is 7.89. The second kappa shape index (κ2) is 9.49. The van der Waals surface area contributed by atoms with Crippen molar-refractivity contribution < 1.29 is 22.5 Å². The van der Waals surface area contributed by atoms with E-state index in [0.717, 1.165) is 24.2 Å². The Hall–Kier alpha value is -3.24. The minimum atomic E-state index is -3.58. The van der Waals surface area contributed by atoms with Gasteiger partial charge in [0.2, 0.25) is 27.6 Å². The number of carbonyl (C=O) groups is 1. The molecule has 3 aromatic rings. The summed E-state index contributed by atoms with van der Waals surface area (Å²) in [5, 5.41) is 6.67. The molecule has 0 radical (unpaired) electrons. The molecule has 1 heterocycles. The van der Waals surface area contributed by atoms with Crippen LogP contribution in [0.25, 0.3) is 11.4 Å². The third-order valence-corrected chi connectivity index (χ3v) is 6.30. The Morgan fingerprint density at radius 1 is 1.19 bits per heavy atom. The van der Waals surface area contributed by atoms with Gasteiger partial charge < -0.3 is 14.6 Å². The van der Waals surface area contributed by atoms with Crippen LogP contribution in [0.15, 0.2) is 57.9 Å². The molecule has 168 valence electrons. The van der Waals surface area contributed by atoms with Gasteiger partial charge in [0.1, 0.15) is 5.75 Å². The molecule has 1 aliphatic rings. The zero-order valence-corrected chi connectivity index (χ0v) is 18.4. The number of aromatic nitrogens is 2. The first-order valence-corrected chi connectivity index (χ1v) is 11.9. The van der Waals surface area contributed by atoms with Crippen LogP contribution in [0.2, 0.25) is 0 Å². The van der Waals surface area contributed by atoms with Crippen LogP contribution < -0.4 is 14.8 Å². The van der Waals surface area contributed by atoms with Crippen molar-refractivity contribution in [3.63, 3.8) is 0 Å². The van der Waals surface area contributed by atoms with Crippen LogP contribution in [-0.4, -0.2) is 37.1 Å². The standard InChI is InChI=1S/C22H24N4O5S/c1-2-30-18-10-6-15(7-11-18)22-24-21(31-25-22)13-12-20(27)23-17-4-3-5-19(14-17)32(28,29)26-16-8-9-16/h3-7,10-11,14,16,26H,2,8-9,12-13H2,1H3,(H,23,27). The van der Waals surface area contributed by atoms with Crippen molar-refractivity contribution in [2.75, 3.05) is 11.9 Å². The summed E-state index contributed by atoms with van der Waals surface area (Å²) in [7, 11) is -3.58. The number of benzene rings is 2. The van der Waals surface area contributed by atoms with E-state index in [-0.39, 0.29) is 29.7 Å². The minimum absolute atomic E-state index is 0.0140. The Bertz CT molecular complexity index is 1190. The Morgan fingerprint density at radius 3 is 2.69 bits per heavy atom. The molecule has 1 amide bonds. The normalized spacial score (nSPS) is 13.7. The van der Waals surface area contributed by atoms with E-state index < -0.39 is 10.0 Å². The van der Waals surface area contributed by atoms with Crippen LogP contribution in [0.5, 0.6) is 5.75 Å². The molecular weight excluding hydrogens is 432 g/mol. The smallest absolute Gasteiger partial charge is 0.240 e. The van der Waals surface area contributed by atoms with E-state index in [1.54, 1.807) is 12.1 Å². The van der Waals surface area contributed by atoms with E-state index in [9.17, 15) is 13.2 Å². The van der Waals surface area contributed by atoms with Gasteiger partial charge in [-0.25, -0.2) is 13.1 Å². The van der Waals surface area contributed by atoms with Crippen molar-refractivity contribution in [2.24, 2.45) is 0 Å². The van der Waals surface area contributed by atoms with Crippen molar-refractivity contribution >= 4 is 21.6 Å². The summed E-state index contributed by atoms with van der Waals surface area (Å²) in [5.74, 6) is 1.26. The van der Waals surface area contributed by atoms with Gasteiger partial charge in [0.05, 0.1) is 11.5 Å². The Labute approximate surface area is 186 Å². The summed E-state index contributed by atoms with van der Waals surface area (Å²) in [4.78, 5) is 16.8. The SMILES string of the molecule is CCOc1ccc(-c2noc(CCC(=O)Nc3cccc(S(=O)(=O)NC4CC4)c3)n2)cc1. The number of ether oxygens (including phenoxy) is 1. The van der Waals surface area contributed by atoms with Crippen LogP contribution in [0, 0.1) is 0 Å². The fraction of sp³-hybridized carbons (Fsp3) is 0.318. The number of hydrogen-bond acceptors (Lipinski definition) is 7. The molecule has 0 aliphatic heterocycles. The molecule has 0 atom stereocenters. The second-order valence-electron chi connectivity index (χ2n) is 7.44. The highest BCUT2D eigenvalue weighted by Gasteiger charge is 2.28. The lowest BCUT2D eigenvalue weighted by Gasteiger charge is -2.08. The van der Waals surface area contributed by atoms with Gasteiger partial charge in [0.25, 0.3) is 0 Å². The lowest BCUT2D eigenvalue weighted by Crippen LogP contribution is -2.25. The third kappa shape index (κ3) is 5.71. The van der Waals surface area contributed by atoms with Crippen LogP contribution in [0.3, 0.4) is 0 Å². The molecule has 0 saturated heterocycles. The van der Waals surface area contributed by atoms with Gasteiger partial charge >= 0.3 is 0 Å². The van der Waals surface area contributed by atoms with Crippen molar-refractivity contribution in [1.82, 2.24) is 14.9 Å². The van der Waals surface area contributed by atoms with E-state index in [1.807, 2.05) is 31.2 Å². The maximum atomic E-state index is 12.3. The lowest BCUT2D eigenvalue weighted by atomic mass is 10.2. The van der Waals surface area contributed by atoms with Gasteiger partial charge in [0, 0.05) is 30.1 Å². The molecule has 0 bridgehead atoms. The van der Waals surface area contributed by atoms with Gasteiger partial charge in [-0.3, -0.25) is 4.79 Å². The molecule has 4 rings (SSSR count). The van der Waals surface area contributed by atoms with Crippen LogP contribution in [0.1, 0.15) is 32.1 Å². The number of hydrogen-bond donors (Lipinski definition) is 2. The van der Waals surface area contributed by atoms with Gasteiger partial charge in [-0.05, 0) is 62.2 Å². The third-order valence-electron chi connectivity index (χ3n) is 4.78. The molecule has 32 heavy (non-hydrogen) atoms. The van der Waals surface area contributed by atoms with Crippen LogP contribution >= 0.6 is 0 Å². The largest absolute Gasteiger partial charge is 0.494 e. The van der Waals surface area contributed by atoms with Crippen LogP contribution in [-0.2, 0) is 21.2 Å². The summed E-state index contributed by atoms with van der Waals surface area (Å²) in [6.45, 7) is 2.51. The first-order chi connectivity index (χ1) is 15.4. The van der Waals surface area contributed by atoms with Crippen molar-refractivity contribution in [1.29, 1.82) is 0 Å². The summed E-state index contributed by atoms with van der Waals surface area (Å²) < 4.78 is 38.0. The highest BCUT2D eigenvalue weighted by Crippen LogP contribution is 2.24. The molecule has 1 saturated carbocycles. The molecule has 0 unspecified atom stereocenters. The topological polar surface area (TPSA) is 123 Å². The number of nitrogens with one attached hydrogen (secondary N) is 2. The fourth-order valence-corrected chi connectivity index (χ4v) is 4.36. The molecule has 1 aliphatic carbocycles. The van der Waals surface area contributed by atoms with Gasteiger partial charge in [-0.1, -0.05) is 11.2 Å². The van der Waals surface area contributed by atoms with Gasteiger partial charge in [-0.15, -0.1) is 0 Å². The van der Waals surface area contributed by atoms with E-state index >= 15 is 0 Å². The van der Waals surface area contributed by atoms with E-state index in [2.05, 4.69) is 20.2 Å². The molecular formula is C22H24N4O5S. The van der Waals surface area contributed by atoms with E-state index in [0.29, 0.717) is 24.0 Å². The zero-order chi connectivity index (χ0) is 22.6. The Morgan fingerprint density at radius 2 is 1.97 bits per heavy atom. The summed E-state index contributed by atoms with van der Waals surface area (Å²) >= 11 is 0. The van der Waals surface area contributed by atoms with Crippen molar-refractivity contribution in [2.45, 2.75) is 43.5 Å². The molecule has 1 fully saturated rings. The summed E-state index contributed by atoms with van der Waals surface area (Å²) in [6.07, 6.45) is 2.08. The summed E-state index contributed by atoms with van der Waals surface area (Å²) in [6, 6.07) is 13.5. The first-order valence-electron chi connectivity index (χ1n) is 10.4. The fourth-order valence-electron chi connectivity index (χ4n) is 3.01. The predicted octanol–water partition coefficient (Wildman–Crippen LogP) is 3.15. The quantitative estimate of drug-likeness (QED) is 0.480. The lowest BCUT2D eigenvalue weighted by molar-refractivity contribution is -0.116. The Balaban J connectivity index is 1.32. The predicted molar refractivity (Wildman–Crippen MR) is 118 cm³/mol. The van der Waals surface area contributed by atoms with E-state index in [4.69, 9.17) is 9.26 Å². The number of rotatable bonds is 10. The van der Waals surface area contributed by atoms with Crippen molar-refractivity contribution in [3.8, 4) is 17.1 Å². The molecule has 9 nitrogen and oxygen atoms in total. The molecule has 2 N–H and O–H groups in total. The Kier molecular flexibility index (Phi) is 6.52. The highest BCUT2D eigenvalue weighted by atomic mass is 32.2. The second-order valence-corrected chi connectivity index (χ2v) is 9.15. The van der Waals surface area contributed by atoms with Gasteiger partial charge in [-0.2, -0.15) is 4.98 Å². The number of anilines is 1. The molecule has 1 aromatic heterocycles. The summed E-state index contributed by atoms with van der Waals surface area (Å²) in [5.41, 5.74) is 1.19. The first kappa shape index (κ1) is 22.0. The number of carbonyl (C=O) groups excluding carboxylic acids is 1. The van der Waals surface area contributed by atoms with E-state index in [1.165, 1.54) is 12.1 Å². The molecule has 2 aromatic carbocycles. The number of amides is 1. The minimum Gasteiger partial charge on any atom is -0.494 e. The molecule has 0 spiro atoms. The number of sulfonamides is 1. The monoisotopic (exact) mass is 456 g/mol. The number of aryl methyl sites for hydroxylation is 1.